The Morgan fingerprint density at radius 2 is 0.978 bits per heavy atom. The molecule has 6 rings (SSSR count). The molecule has 0 saturated heterocycles. The fourth-order valence-electron chi connectivity index (χ4n) is 8.87. The van der Waals surface area contributed by atoms with E-state index < -0.39 is 23.3 Å². The van der Waals surface area contributed by atoms with Crippen molar-refractivity contribution in [3.63, 3.8) is 0 Å². The van der Waals surface area contributed by atoms with Gasteiger partial charge in [0.25, 0.3) is 0 Å². The minimum Gasteiger partial charge on any atom is -0.491 e. The molecule has 0 heterocycles. The first-order valence-electron chi connectivity index (χ1n) is 18.4. The molecule has 2 aromatic rings. The van der Waals surface area contributed by atoms with Gasteiger partial charge in [-0.25, -0.2) is 13.2 Å². The van der Waals surface area contributed by atoms with Crippen molar-refractivity contribution in [2.24, 2.45) is 35.5 Å². The lowest BCUT2D eigenvalue weighted by atomic mass is 9.67. The molecule has 4 aliphatic rings. The average Bonchev–Trinajstić information content (AvgIpc) is 3.57. The van der Waals surface area contributed by atoms with E-state index in [4.69, 9.17) is 4.74 Å². The molecule has 1 nitrogen and oxygen atoms in total. The standard InChI is InChI=1S/C21H30F2O.C19H26F2/c1-2-24-19-14-13-18(20(22)21(19)23)12-9-15-7-10-17(11-8-15)16-5-3-4-6-16;1-13-5-9-17(19(21)18(13)20)12-8-14-6-10-16(11-7-14)15-3-2-4-15/h13-17H,2-12H2,1H3;5,9,14-16H,2-4,6-8,10-12H2,1H3. The molecule has 0 spiro atoms. The number of aryl methyl sites for hydroxylation is 3. The molecule has 4 saturated carbocycles. The van der Waals surface area contributed by atoms with Gasteiger partial charge >= 0.3 is 0 Å². The van der Waals surface area contributed by atoms with E-state index in [0.717, 1.165) is 36.5 Å². The van der Waals surface area contributed by atoms with Gasteiger partial charge in [-0.2, -0.15) is 4.39 Å². The SMILES string of the molecule is CCOc1ccc(CCC2CCC(C3CCCC3)CC2)c(F)c1F.Cc1ccc(CCC2CCC(C3CCC3)CC2)c(F)c1F. The van der Waals surface area contributed by atoms with Crippen molar-refractivity contribution in [1.82, 2.24) is 0 Å². The van der Waals surface area contributed by atoms with Crippen molar-refractivity contribution in [2.45, 2.75) is 136 Å². The van der Waals surface area contributed by atoms with E-state index in [9.17, 15) is 17.6 Å². The second kappa shape index (κ2) is 16.7. The summed E-state index contributed by atoms with van der Waals surface area (Å²) < 4.78 is 60.6. The van der Waals surface area contributed by atoms with Crippen LogP contribution in [-0.4, -0.2) is 6.61 Å². The Hall–Kier alpha value is -2.04. The van der Waals surface area contributed by atoms with E-state index in [0.29, 0.717) is 48.0 Å². The van der Waals surface area contributed by atoms with Gasteiger partial charge in [-0.15, -0.1) is 0 Å². The predicted octanol–water partition coefficient (Wildman–Crippen LogP) is 12.1. The maximum absolute atomic E-state index is 14.2. The predicted molar refractivity (Wildman–Crippen MR) is 175 cm³/mol. The molecule has 4 fully saturated rings. The highest BCUT2D eigenvalue weighted by Gasteiger charge is 2.31. The molecule has 0 aromatic heterocycles. The van der Waals surface area contributed by atoms with Crippen LogP contribution >= 0.6 is 0 Å². The zero-order valence-corrected chi connectivity index (χ0v) is 27.8. The van der Waals surface area contributed by atoms with Crippen molar-refractivity contribution in [1.29, 1.82) is 0 Å². The van der Waals surface area contributed by atoms with Gasteiger partial charge in [0, 0.05) is 0 Å². The van der Waals surface area contributed by atoms with Crippen LogP contribution in [0.2, 0.25) is 0 Å². The molecule has 0 unspecified atom stereocenters. The van der Waals surface area contributed by atoms with Crippen LogP contribution in [0.5, 0.6) is 5.75 Å². The van der Waals surface area contributed by atoms with E-state index in [1.54, 1.807) is 38.1 Å². The van der Waals surface area contributed by atoms with Crippen LogP contribution in [0, 0.1) is 65.7 Å². The molecular formula is C40H56F4O. The Labute approximate surface area is 269 Å². The lowest BCUT2D eigenvalue weighted by molar-refractivity contribution is 0.136. The minimum absolute atomic E-state index is 0.0239. The van der Waals surface area contributed by atoms with E-state index in [-0.39, 0.29) is 5.75 Å². The highest BCUT2D eigenvalue weighted by molar-refractivity contribution is 5.31. The summed E-state index contributed by atoms with van der Waals surface area (Å²) in [5.74, 6) is 2.45. The minimum atomic E-state index is -0.834. The van der Waals surface area contributed by atoms with Gasteiger partial charge in [-0.05, 0) is 123 Å². The molecule has 0 aliphatic heterocycles. The average molecular weight is 629 g/mol. The molecule has 2 aromatic carbocycles. The number of halogens is 4. The van der Waals surface area contributed by atoms with Crippen molar-refractivity contribution in [2.75, 3.05) is 6.61 Å². The lowest BCUT2D eigenvalue weighted by Gasteiger charge is -2.38. The first-order chi connectivity index (χ1) is 21.8. The lowest BCUT2D eigenvalue weighted by Crippen LogP contribution is -2.26. The van der Waals surface area contributed by atoms with Crippen LogP contribution in [0.3, 0.4) is 0 Å². The van der Waals surface area contributed by atoms with Crippen molar-refractivity contribution in [3.05, 3.63) is 64.2 Å². The second-order valence-electron chi connectivity index (χ2n) is 14.8. The zero-order chi connectivity index (χ0) is 31.8. The van der Waals surface area contributed by atoms with Gasteiger partial charge in [0.05, 0.1) is 6.61 Å². The second-order valence-corrected chi connectivity index (χ2v) is 14.8. The third kappa shape index (κ3) is 9.07. The Kier molecular flexibility index (Phi) is 12.7. The third-order valence-electron chi connectivity index (χ3n) is 12.1. The summed E-state index contributed by atoms with van der Waals surface area (Å²) >= 11 is 0. The van der Waals surface area contributed by atoms with Crippen molar-refractivity contribution >= 4 is 0 Å². The van der Waals surface area contributed by atoms with Gasteiger partial charge in [-0.1, -0.05) is 88.8 Å². The molecule has 5 heteroatoms. The molecule has 0 amide bonds. The van der Waals surface area contributed by atoms with Crippen LogP contribution in [-0.2, 0) is 12.8 Å². The number of hydrogen-bond acceptors (Lipinski definition) is 1. The molecule has 45 heavy (non-hydrogen) atoms. The van der Waals surface area contributed by atoms with Gasteiger partial charge in [0.2, 0.25) is 5.82 Å². The first kappa shape index (κ1) is 34.3. The normalized spacial score (nSPS) is 25.8. The number of benzene rings is 2. The monoisotopic (exact) mass is 628 g/mol. The van der Waals surface area contributed by atoms with Crippen LogP contribution in [0.15, 0.2) is 24.3 Å². The zero-order valence-electron chi connectivity index (χ0n) is 27.8. The summed E-state index contributed by atoms with van der Waals surface area (Å²) in [5, 5.41) is 0. The third-order valence-corrected chi connectivity index (χ3v) is 12.1. The smallest absolute Gasteiger partial charge is 0.200 e. The number of rotatable bonds is 10. The summed E-state index contributed by atoms with van der Waals surface area (Å²) in [7, 11) is 0. The Morgan fingerprint density at radius 3 is 1.44 bits per heavy atom. The topological polar surface area (TPSA) is 9.23 Å². The number of ether oxygens (including phenoxy) is 1. The van der Waals surface area contributed by atoms with Crippen LogP contribution in [0.25, 0.3) is 0 Å². The van der Waals surface area contributed by atoms with Gasteiger partial charge in [0.15, 0.2) is 23.2 Å². The molecule has 0 atom stereocenters. The van der Waals surface area contributed by atoms with Crippen molar-refractivity contribution < 1.29 is 22.3 Å². The van der Waals surface area contributed by atoms with E-state index in [1.807, 2.05) is 0 Å². The maximum Gasteiger partial charge on any atom is 0.200 e. The van der Waals surface area contributed by atoms with Gasteiger partial charge in [-0.3, -0.25) is 0 Å². The van der Waals surface area contributed by atoms with Gasteiger partial charge in [0.1, 0.15) is 0 Å². The fourth-order valence-corrected chi connectivity index (χ4v) is 8.87. The largest absolute Gasteiger partial charge is 0.491 e. The first-order valence-corrected chi connectivity index (χ1v) is 18.4. The number of hydrogen-bond donors (Lipinski definition) is 0. The molecular weight excluding hydrogens is 572 g/mol. The van der Waals surface area contributed by atoms with Crippen LogP contribution in [0.4, 0.5) is 17.6 Å². The summed E-state index contributed by atoms with van der Waals surface area (Å²) in [6, 6.07) is 6.71. The molecule has 0 radical (unpaired) electrons. The molecule has 0 N–H and O–H groups in total. The maximum atomic E-state index is 14.2. The van der Waals surface area contributed by atoms with Crippen LogP contribution < -0.4 is 4.74 Å². The van der Waals surface area contributed by atoms with Crippen molar-refractivity contribution in [3.8, 4) is 5.75 Å². The van der Waals surface area contributed by atoms with E-state index in [1.165, 1.54) is 96.3 Å². The molecule has 250 valence electrons. The highest BCUT2D eigenvalue weighted by atomic mass is 19.2. The molecule has 0 bridgehead atoms. The van der Waals surface area contributed by atoms with E-state index in [2.05, 4.69) is 0 Å². The quantitative estimate of drug-likeness (QED) is 0.238. The summed E-state index contributed by atoms with van der Waals surface area (Å²) in [4.78, 5) is 0. The Bertz CT molecular complexity index is 1200. The summed E-state index contributed by atoms with van der Waals surface area (Å²) in [6.07, 6.45) is 23.9. The Morgan fingerprint density at radius 1 is 0.533 bits per heavy atom. The van der Waals surface area contributed by atoms with Crippen LogP contribution in [0.1, 0.15) is 133 Å². The van der Waals surface area contributed by atoms with E-state index >= 15 is 0 Å². The summed E-state index contributed by atoms with van der Waals surface area (Å²) in [6.45, 7) is 3.73. The highest BCUT2D eigenvalue weighted by Crippen LogP contribution is 2.44. The Balaban J connectivity index is 0.000000179. The van der Waals surface area contributed by atoms with Gasteiger partial charge < -0.3 is 4.74 Å². The fraction of sp³-hybridized carbons (Fsp3) is 0.700. The molecule has 4 aliphatic carbocycles. The summed E-state index contributed by atoms with van der Waals surface area (Å²) in [5.41, 5.74) is 1.45.